The predicted molar refractivity (Wildman–Crippen MR) is 81.7 cm³/mol. The number of carbonyl (C=O) groups excluding carboxylic acids is 2. The minimum Gasteiger partial charge on any atom is -0.299 e. The van der Waals surface area contributed by atoms with Gasteiger partial charge in [0.05, 0.1) is 0 Å². The molecule has 0 amide bonds. The first-order valence-corrected chi connectivity index (χ1v) is 8.70. The molecule has 114 valence electrons. The van der Waals surface area contributed by atoms with Gasteiger partial charge < -0.3 is 0 Å². The second kappa shape index (κ2) is 4.30. The molecule has 4 rings (SSSR count). The third-order valence-electron chi connectivity index (χ3n) is 7.65. The van der Waals surface area contributed by atoms with Crippen LogP contribution in [0.3, 0.4) is 0 Å². The number of hydrogen-bond donors (Lipinski definition) is 0. The van der Waals surface area contributed by atoms with E-state index in [2.05, 4.69) is 19.9 Å². The molecule has 0 aromatic carbocycles. The number of ketones is 2. The molecule has 21 heavy (non-hydrogen) atoms. The highest BCUT2D eigenvalue weighted by molar-refractivity contribution is 5.87. The second-order valence-electron chi connectivity index (χ2n) is 8.39. The molecule has 3 saturated carbocycles. The van der Waals surface area contributed by atoms with Gasteiger partial charge in [0.25, 0.3) is 0 Å². The van der Waals surface area contributed by atoms with Crippen LogP contribution in [0.2, 0.25) is 0 Å². The molecule has 0 radical (unpaired) electrons. The lowest BCUT2D eigenvalue weighted by Gasteiger charge is -2.56. The van der Waals surface area contributed by atoms with Gasteiger partial charge in [0, 0.05) is 24.7 Å². The Morgan fingerprint density at radius 2 is 1.76 bits per heavy atom. The van der Waals surface area contributed by atoms with Crippen LogP contribution in [-0.4, -0.2) is 11.6 Å². The summed E-state index contributed by atoms with van der Waals surface area (Å²) >= 11 is 0. The molecule has 4 aliphatic rings. The lowest BCUT2D eigenvalue weighted by atomic mass is 9.48. The van der Waals surface area contributed by atoms with E-state index in [1.54, 1.807) is 0 Å². The molecule has 3 unspecified atom stereocenters. The maximum absolute atomic E-state index is 12.4. The monoisotopic (exact) mass is 286 g/mol. The lowest BCUT2D eigenvalue weighted by Crippen LogP contribution is -2.50. The van der Waals surface area contributed by atoms with Gasteiger partial charge in [-0.15, -0.1) is 0 Å². The minimum absolute atomic E-state index is 0.0344. The van der Waals surface area contributed by atoms with E-state index in [0.29, 0.717) is 35.7 Å². The molecular formula is C19H26O2. The van der Waals surface area contributed by atoms with Crippen molar-refractivity contribution < 1.29 is 9.59 Å². The minimum atomic E-state index is -0.0344. The number of carbonyl (C=O) groups is 2. The van der Waals surface area contributed by atoms with E-state index in [0.717, 1.165) is 38.5 Å². The number of Topliss-reactive ketones (excluding diaryl/α,β-unsaturated/α-hetero) is 2. The highest BCUT2D eigenvalue weighted by atomic mass is 16.1. The van der Waals surface area contributed by atoms with Crippen LogP contribution < -0.4 is 0 Å². The van der Waals surface area contributed by atoms with Crippen molar-refractivity contribution in [2.45, 2.75) is 65.2 Å². The summed E-state index contributed by atoms with van der Waals surface area (Å²) in [6, 6.07) is 0. The fourth-order valence-electron chi connectivity index (χ4n) is 6.25. The van der Waals surface area contributed by atoms with E-state index in [-0.39, 0.29) is 10.8 Å². The van der Waals surface area contributed by atoms with Crippen molar-refractivity contribution in [3.8, 4) is 0 Å². The Hall–Kier alpha value is -0.920. The third-order valence-corrected chi connectivity index (χ3v) is 7.65. The lowest BCUT2D eigenvalue weighted by molar-refractivity contribution is -0.132. The summed E-state index contributed by atoms with van der Waals surface area (Å²) in [7, 11) is 0. The average Bonchev–Trinajstić information content (AvgIpc) is 2.76. The molecule has 0 bridgehead atoms. The van der Waals surface area contributed by atoms with Gasteiger partial charge in [-0.25, -0.2) is 0 Å². The predicted octanol–water partition coefficient (Wildman–Crippen LogP) is 4.09. The van der Waals surface area contributed by atoms with Crippen molar-refractivity contribution in [1.29, 1.82) is 0 Å². The van der Waals surface area contributed by atoms with Crippen molar-refractivity contribution in [2.24, 2.45) is 28.6 Å². The molecule has 5 atom stereocenters. The first-order valence-electron chi connectivity index (χ1n) is 8.70. The topological polar surface area (TPSA) is 34.1 Å². The molecule has 0 aliphatic heterocycles. The van der Waals surface area contributed by atoms with Gasteiger partial charge in [-0.3, -0.25) is 9.59 Å². The summed E-state index contributed by atoms with van der Waals surface area (Å²) in [5, 5.41) is 0. The first-order chi connectivity index (χ1) is 9.95. The van der Waals surface area contributed by atoms with Gasteiger partial charge in [-0.2, -0.15) is 0 Å². The van der Waals surface area contributed by atoms with Crippen LogP contribution in [0.15, 0.2) is 11.6 Å². The maximum Gasteiger partial charge on any atom is 0.139 e. The van der Waals surface area contributed by atoms with Crippen LogP contribution in [0.5, 0.6) is 0 Å². The molecule has 0 spiro atoms. The van der Waals surface area contributed by atoms with Crippen molar-refractivity contribution in [3.05, 3.63) is 11.6 Å². The molecule has 0 heterocycles. The van der Waals surface area contributed by atoms with E-state index in [9.17, 15) is 9.59 Å². The van der Waals surface area contributed by atoms with Gasteiger partial charge >= 0.3 is 0 Å². The van der Waals surface area contributed by atoms with Gasteiger partial charge in [0.15, 0.2) is 0 Å². The maximum atomic E-state index is 12.4. The number of hydrogen-bond acceptors (Lipinski definition) is 2. The van der Waals surface area contributed by atoms with E-state index >= 15 is 0 Å². The molecule has 2 nitrogen and oxygen atoms in total. The Labute approximate surface area is 127 Å². The fourth-order valence-corrected chi connectivity index (χ4v) is 6.25. The van der Waals surface area contributed by atoms with Gasteiger partial charge in [-0.1, -0.05) is 25.5 Å². The largest absolute Gasteiger partial charge is 0.299 e. The Bertz CT molecular complexity index is 546. The summed E-state index contributed by atoms with van der Waals surface area (Å²) in [5.41, 5.74) is 1.63. The van der Waals surface area contributed by atoms with Crippen LogP contribution in [-0.2, 0) is 9.59 Å². The van der Waals surface area contributed by atoms with Crippen LogP contribution in [0.4, 0.5) is 0 Å². The summed E-state index contributed by atoms with van der Waals surface area (Å²) < 4.78 is 0. The standard InChI is InChI=1S/C19H26O2/c1-18-9-7-13(20)11-12(18)3-4-14-15-5-6-17(21)19(15,2)10-8-16(14)18/h3,14-16H,4-11H2,1-2H3/t14?,15?,16?,18-,19-/m0/s1. The van der Waals surface area contributed by atoms with E-state index in [1.165, 1.54) is 12.0 Å². The smallest absolute Gasteiger partial charge is 0.139 e. The SMILES string of the molecule is C[C@]12CCC(=O)CC1=CCC1C2CC[C@]2(C)C(=O)CCC12. The zero-order valence-electron chi connectivity index (χ0n) is 13.3. The van der Waals surface area contributed by atoms with Gasteiger partial charge in [0.1, 0.15) is 11.6 Å². The molecule has 3 fully saturated rings. The summed E-state index contributed by atoms with van der Waals surface area (Å²) in [5.74, 6) is 2.92. The zero-order valence-corrected chi connectivity index (χ0v) is 13.3. The third kappa shape index (κ3) is 1.71. The highest BCUT2D eigenvalue weighted by Gasteiger charge is 2.58. The first kappa shape index (κ1) is 13.7. The number of allylic oxidation sites excluding steroid dienone is 2. The van der Waals surface area contributed by atoms with E-state index in [1.807, 2.05) is 0 Å². The number of fused-ring (bicyclic) bond motifs is 5. The Morgan fingerprint density at radius 1 is 1.00 bits per heavy atom. The van der Waals surface area contributed by atoms with Crippen LogP contribution in [0.25, 0.3) is 0 Å². The summed E-state index contributed by atoms with van der Waals surface area (Å²) in [6.07, 6.45) is 10.2. The Balaban J connectivity index is 1.71. The quantitative estimate of drug-likeness (QED) is 0.629. The Morgan fingerprint density at radius 3 is 2.57 bits per heavy atom. The highest BCUT2D eigenvalue weighted by Crippen LogP contribution is 2.63. The molecule has 0 aromatic heterocycles. The molecule has 4 aliphatic carbocycles. The van der Waals surface area contributed by atoms with E-state index in [4.69, 9.17) is 0 Å². The van der Waals surface area contributed by atoms with Crippen LogP contribution in [0.1, 0.15) is 65.2 Å². The number of rotatable bonds is 0. The van der Waals surface area contributed by atoms with Crippen molar-refractivity contribution in [2.75, 3.05) is 0 Å². The van der Waals surface area contributed by atoms with E-state index < -0.39 is 0 Å². The van der Waals surface area contributed by atoms with Gasteiger partial charge in [0.2, 0.25) is 0 Å². The van der Waals surface area contributed by atoms with Crippen molar-refractivity contribution in [1.82, 2.24) is 0 Å². The van der Waals surface area contributed by atoms with Crippen LogP contribution >= 0.6 is 0 Å². The Kier molecular flexibility index (Phi) is 2.81. The zero-order chi connectivity index (χ0) is 14.8. The van der Waals surface area contributed by atoms with Gasteiger partial charge in [-0.05, 0) is 55.3 Å². The normalized spacial score (nSPS) is 49.2. The van der Waals surface area contributed by atoms with Crippen molar-refractivity contribution >= 4 is 11.6 Å². The molecule has 0 N–H and O–H groups in total. The average molecular weight is 286 g/mol. The fraction of sp³-hybridized carbons (Fsp3) is 0.789. The van der Waals surface area contributed by atoms with Crippen molar-refractivity contribution in [3.63, 3.8) is 0 Å². The molecule has 2 heteroatoms. The molecule has 0 aromatic rings. The summed E-state index contributed by atoms with van der Waals surface area (Å²) in [4.78, 5) is 24.2. The van der Waals surface area contributed by atoms with Crippen LogP contribution in [0, 0.1) is 28.6 Å². The molecular weight excluding hydrogens is 260 g/mol. The second-order valence-corrected chi connectivity index (χ2v) is 8.39. The molecule has 0 saturated heterocycles. The summed E-state index contributed by atoms with van der Waals surface area (Å²) in [6.45, 7) is 4.64.